The van der Waals surface area contributed by atoms with Crippen LogP contribution in [0.5, 0.6) is 0 Å². The summed E-state index contributed by atoms with van der Waals surface area (Å²) in [6.45, 7) is 4.17. The second-order valence-corrected chi connectivity index (χ2v) is 6.84. The fourth-order valence-electron chi connectivity index (χ4n) is 2.16. The van der Waals surface area contributed by atoms with Gasteiger partial charge in [0.15, 0.2) is 10.9 Å². The van der Waals surface area contributed by atoms with Crippen LogP contribution in [0.25, 0.3) is 0 Å². The van der Waals surface area contributed by atoms with Crippen molar-refractivity contribution in [1.29, 1.82) is 0 Å². The molecule has 0 aliphatic heterocycles. The maximum atomic E-state index is 14.1. The van der Waals surface area contributed by atoms with Crippen LogP contribution in [0.2, 0.25) is 10.0 Å². The number of anilines is 1. The molecule has 0 unspecified atom stereocenters. The number of benzene rings is 1. The lowest BCUT2D eigenvalue weighted by Crippen LogP contribution is -2.39. The number of nitrogens with one attached hydrogen (secondary N) is 2. The summed E-state index contributed by atoms with van der Waals surface area (Å²) in [6.07, 6.45) is 1.61. The minimum absolute atomic E-state index is 0.337. The molecule has 2 rings (SSSR count). The minimum atomic E-state index is -0.553. The molecule has 0 spiro atoms. The summed E-state index contributed by atoms with van der Waals surface area (Å²) in [5.74, 6) is 0.129. The predicted molar refractivity (Wildman–Crippen MR) is 97.9 cm³/mol. The molecule has 0 radical (unpaired) electrons. The van der Waals surface area contributed by atoms with Crippen LogP contribution in [0.3, 0.4) is 0 Å². The number of pyridine rings is 1. The highest BCUT2D eigenvalue weighted by Crippen LogP contribution is 2.31. The van der Waals surface area contributed by atoms with Gasteiger partial charge in [-0.2, -0.15) is 0 Å². The Labute approximate surface area is 150 Å². The zero-order chi connectivity index (χ0) is 17.0. The molecule has 0 aliphatic carbocycles. The molecule has 0 saturated carbocycles. The quantitative estimate of drug-likeness (QED) is 0.757. The Kier molecular flexibility index (Phi) is 5.79. The van der Waals surface area contributed by atoms with E-state index in [9.17, 15) is 4.39 Å². The number of rotatable bonds is 4. The molecule has 1 aromatic carbocycles. The molecule has 0 fully saturated rings. The van der Waals surface area contributed by atoms with Crippen LogP contribution in [0.1, 0.15) is 19.4 Å². The van der Waals surface area contributed by atoms with Gasteiger partial charge in [-0.15, -0.1) is 0 Å². The molecule has 1 heterocycles. The predicted octanol–water partition coefficient (Wildman–Crippen LogP) is 4.79. The van der Waals surface area contributed by atoms with E-state index < -0.39 is 5.41 Å². The van der Waals surface area contributed by atoms with Gasteiger partial charge in [0.1, 0.15) is 5.82 Å². The second kappa shape index (κ2) is 7.43. The van der Waals surface area contributed by atoms with Gasteiger partial charge < -0.3 is 10.6 Å². The maximum absolute atomic E-state index is 14.1. The molecular formula is C16H16Cl2FN3S. The van der Waals surface area contributed by atoms with E-state index in [-0.39, 0.29) is 5.82 Å². The van der Waals surface area contributed by atoms with Gasteiger partial charge in [0, 0.05) is 28.7 Å². The first kappa shape index (κ1) is 17.9. The maximum Gasteiger partial charge on any atom is 0.172 e. The van der Waals surface area contributed by atoms with Crippen LogP contribution in [0.15, 0.2) is 36.5 Å². The van der Waals surface area contributed by atoms with E-state index in [4.69, 9.17) is 35.4 Å². The largest absolute Gasteiger partial charge is 0.362 e. The van der Waals surface area contributed by atoms with E-state index in [0.29, 0.717) is 33.1 Å². The van der Waals surface area contributed by atoms with E-state index in [2.05, 4.69) is 15.6 Å². The summed E-state index contributed by atoms with van der Waals surface area (Å²) in [4.78, 5) is 4.10. The van der Waals surface area contributed by atoms with Crippen LogP contribution in [0.4, 0.5) is 10.2 Å². The molecule has 1 aromatic heterocycles. The van der Waals surface area contributed by atoms with E-state index >= 15 is 0 Å². The van der Waals surface area contributed by atoms with Crippen LogP contribution < -0.4 is 10.6 Å². The standard InChI is InChI=1S/C16H16Cl2FN3S/c1-16(2,13-10(17)5-3-7-12(13)19)9-21-15(23)22-14-11(18)6-4-8-20-14/h3-8H,9H2,1-2H3,(H2,20,21,22,23). The number of hydrogen-bond donors (Lipinski definition) is 2. The Morgan fingerprint density at radius 1 is 1.22 bits per heavy atom. The van der Waals surface area contributed by atoms with Crippen LogP contribution in [-0.4, -0.2) is 16.6 Å². The topological polar surface area (TPSA) is 37.0 Å². The highest BCUT2D eigenvalue weighted by molar-refractivity contribution is 7.80. The van der Waals surface area contributed by atoms with Crippen molar-refractivity contribution >= 4 is 46.4 Å². The first-order valence-electron chi connectivity index (χ1n) is 6.91. The first-order valence-corrected chi connectivity index (χ1v) is 8.07. The molecule has 0 amide bonds. The lowest BCUT2D eigenvalue weighted by molar-refractivity contribution is 0.477. The number of hydrogen-bond acceptors (Lipinski definition) is 2. The summed E-state index contributed by atoms with van der Waals surface area (Å²) in [6, 6.07) is 8.09. The molecule has 0 saturated heterocycles. The highest BCUT2D eigenvalue weighted by atomic mass is 35.5. The van der Waals surface area contributed by atoms with E-state index in [1.165, 1.54) is 6.07 Å². The number of thiocarbonyl (C=S) groups is 1. The molecule has 122 valence electrons. The smallest absolute Gasteiger partial charge is 0.172 e. The van der Waals surface area contributed by atoms with Gasteiger partial charge >= 0.3 is 0 Å². The molecule has 0 atom stereocenters. The van der Waals surface area contributed by atoms with E-state index in [1.54, 1.807) is 30.5 Å². The molecule has 0 aliphatic rings. The van der Waals surface area contributed by atoms with Crippen molar-refractivity contribution in [2.75, 3.05) is 11.9 Å². The Morgan fingerprint density at radius 2 is 1.91 bits per heavy atom. The number of halogens is 3. The lowest BCUT2D eigenvalue weighted by atomic mass is 9.84. The van der Waals surface area contributed by atoms with E-state index in [0.717, 1.165) is 0 Å². The lowest BCUT2D eigenvalue weighted by Gasteiger charge is -2.27. The third kappa shape index (κ3) is 4.53. The van der Waals surface area contributed by atoms with E-state index in [1.807, 2.05) is 13.8 Å². The van der Waals surface area contributed by atoms with Gasteiger partial charge in [0.05, 0.1) is 5.02 Å². The monoisotopic (exact) mass is 371 g/mol. The normalized spacial score (nSPS) is 11.2. The van der Waals surface area contributed by atoms with Crippen molar-refractivity contribution in [2.45, 2.75) is 19.3 Å². The average Bonchev–Trinajstić information content (AvgIpc) is 2.47. The van der Waals surface area contributed by atoms with Crippen molar-refractivity contribution in [1.82, 2.24) is 10.3 Å². The van der Waals surface area contributed by atoms with Crippen molar-refractivity contribution in [3.8, 4) is 0 Å². The van der Waals surface area contributed by atoms with Crippen molar-refractivity contribution in [3.05, 3.63) is 58.0 Å². The summed E-state index contributed by atoms with van der Waals surface area (Å²) < 4.78 is 14.1. The van der Waals surface area contributed by atoms with Gasteiger partial charge in [-0.3, -0.25) is 0 Å². The van der Waals surface area contributed by atoms with Crippen molar-refractivity contribution in [3.63, 3.8) is 0 Å². The molecular weight excluding hydrogens is 356 g/mol. The number of aromatic nitrogens is 1. The van der Waals surface area contributed by atoms with Crippen LogP contribution in [-0.2, 0) is 5.41 Å². The third-order valence-corrected chi connectivity index (χ3v) is 4.19. The Hall–Kier alpha value is -1.43. The Morgan fingerprint density at radius 3 is 2.57 bits per heavy atom. The van der Waals surface area contributed by atoms with Crippen molar-refractivity contribution in [2.24, 2.45) is 0 Å². The zero-order valence-corrected chi connectivity index (χ0v) is 15.0. The highest BCUT2D eigenvalue weighted by Gasteiger charge is 2.27. The van der Waals surface area contributed by atoms with Crippen LogP contribution >= 0.6 is 35.4 Å². The van der Waals surface area contributed by atoms with Crippen molar-refractivity contribution < 1.29 is 4.39 Å². The first-order chi connectivity index (χ1) is 10.8. The average molecular weight is 372 g/mol. The molecule has 0 bridgehead atoms. The third-order valence-electron chi connectivity index (χ3n) is 3.32. The fourth-order valence-corrected chi connectivity index (χ4v) is 2.92. The second-order valence-electron chi connectivity index (χ2n) is 5.62. The summed E-state index contributed by atoms with van der Waals surface area (Å²) in [7, 11) is 0. The molecule has 7 heteroatoms. The fraction of sp³-hybridized carbons (Fsp3) is 0.250. The Bertz CT molecular complexity index is 702. The minimum Gasteiger partial charge on any atom is -0.362 e. The van der Waals surface area contributed by atoms with Crippen LogP contribution in [0, 0.1) is 5.82 Å². The number of nitrogens with zero attached hydrogens (tertiary/aromatic N) is 1. The van der Waals surface area contributed by atoms with Gasteiger partial charge in [-0.1, -0.05) is 43.1 Å². The zero-order valence-electron chi connectivity index (χ0n) is 12.7. The summed E-state index contributed by atoms with van der Waals surface area (Å²) >= 11 is 17.4. The van der Waals surface area contributed by atoms with Gasteiger partial charge in [0.2, 0.25) is 0 Å². The summed E-state index contributed by atoms with van der Waals surface area (Å²) in [5, 5.41) is 7.17. The summed E-state index contributed by atoms with van der Waals surface area (Å²) in [5.41, 5.74) is -0.102. The van der Waals surface area contributed by atoms with Gasteiger partial charge in [-0.25, -0.2) is 9.37 Å². The molecule has 2 aromatic rings. The molecule has 3 nitrogen and oxygen atoms in total. The molecule has 2 N–H and O–H groups in total. The van der Waals surface area contributed by atoms with Gasteiger partial charge in [-0.05, 0) is 36.5 Å². The molecule has 23 heavy (non-hydrogen) atoms. The van der Waals surface area contributed by atoms with Gasteiger partial charge in [0.25, 0.3) is 0 Å². The Balaban J connectivity index is 2.04. The SMILES string of the molecule is CC(C)(CNC(=S)Nc1ncccc1Cl)c1c(F)cccc1Cl.